The molecule has 0 radical (unpaired) electrons. The Kier molecular flexibility index (Phi) is 4.84. The Morgan fingerprint density at radius 3 is 2.78 bits per heavy atom. The molecule has 0 spiro atoms. The van der Waals surface area contributed by atoms with Crippen LogP contribution in [0, 0.1) is 11.7 Å². The second-order valence-electron chi connectivity index (χ2n) is 4.93. The molecule has 18 heavy (non-hydrogen) atoms. The highest BCUT2D eigenvalue weighted by atomic mass is 35.5. The van der Waals surface area contributed by atoms with Crippen LogP contribution in [0.25, 0.3) is 0 Å². The molecule has 2 rings (SSSR count). The smallest absolute Gasteiger partial charge is 0.138 e. The zero-order valence-corrected chi connectivity index (χ0v) is 11.0. The number of halogens is 2. The zero-order chi connectivity index (χ0) is 13.0. The van der Waals surface area contributed by atoms with Gasteiger partial charge in [0.2, 0.25) is 0 Å². The molecule has 1 aromatic carbocycles. The van der Waals surface area contributed by atoms with E-state index < -0.39 is 6.10 Å². The first kappa shape index (κ1) is 13.6. The van der Waals surface area contributed by atoms with Crippen LogP contribution in [0.4, 0.5) is 4.39 Å². The maximum atomic E-state index is 12.8. The molecule has 1 atom stereocenters. The number of aliphatic hydroxyl groups excluding tert-OH is 1. The van der Waals surface area contributed by atoms with E-state index in [2.05, 4.69) is 0 Å². The third kappa shape index (κ3) is 3.85. The van der Waals surface area contributed by atoms with Crippen LogP contribution in [0.2, 0.25) is 5.02 Å². The van der Waals surface area contributed by atoms with Crippen LogP contribution in [0.3, 0.4) is 0 Å². The molecule has 0 amide bonds. The monoisotopic (exact) mass is 272 g/mol. The lowest BCUT2D eigenvalue weighted by Gasteiger charge is -2.16. The van der Waals surface area contributed by atoms with Gasteiger partial charge in [0.1, 0.15) is 18.2 Å². The minimum Gasteiger partial charge on any atom is -0.489 e. The van der Waals surface area contributed by atoms with E-state index in [0.29, 0.717) is 11.7 Å². The highest BCUT2D eigenvalue weighted by Crippen LogP contribution is 2.29. The highest BCUT2D eigenvalue weighted by Gasteiger charge is 2.19. The Bertz CT molecular complexity index is 391. The molecular formula is C14H18ClFO2. The average Bonchev–Trinajstić information content (AvgIpc) is 2.80. The predicted octanol–water partition coefficient (Wildman–Crippen LogP) is 3.80. The van der Waals surface area contributed by atoms with Gasteiger partial charge in [0.15, 0.2) is 0 Å². The van der Waals surface area contributed by atoms with Crippen molar-refractivity contribution in [1.29, 1.82) is 0 Å². The normalized spacial score (nSPS) is 17.9. The van der Waals surface area contributed by atoms with Crippen molar-refractivity contribution >= 4 is 11.6 Å². The first-order valence-electron chi connectivity index (χ1n) is 6.41. The first-order valence-corrected chi connectivity index (χ1v) is 6.79. The molecule has 4 heteroatoms. The molecule has 1 fully saturated rings. The standard InChI is InChI=1S/C14H18ClFO2/c15-13-8-11(16)5-6-14(13)18-9-12(17)7-10-3-1-2-4-10/h5-6,8,10,12,17H,1-4,7,9H2. The molecule has 0 bridgehead atoms. The fourth-order valence-electron chi connectivity index (χ4n) is 2.48. The summed E-state index contributed by atoms with van der Waals surface area (Å²) < 4.78 is 18.2. The van der Waals surface area contributed by atoms with Crippen molar-refractivity contribution in [3.8, 4) is 5.75 Å². The third-order valence-corrected chi connectivity index (χ3v) is 3.70. The lowest BCUT2D eigenvalue weighted by molar-refractivity contribution is 0.0855. The van der Waals surface area contributed by atoms with Crippen LogP contribution in [-0.2, 0) is 0 Å². The molecule has 1 aliphatic rings. The summed E-state index contributed by atoms with van der Waals surface area (Å²) in [6.07, 6.45) is 5.24. The molecule has 0 aliphatic heterocycles. The van der Waals surface area contributed by atoms with Crippen LogP contribution in [0.15, 0.2) is 18.2 Å². The number of aliphatic hydroxyl groups is 1. The van der Waals surface area contributed by atoms with Gasteiger partial charge in [-0.15, -0.1) is 0 Å². The summed E-state index contributed by atoms with van der Waals surface area (Å²) in [5.74, 6) is 0.648. The van der Waals surface area contributed by atoms with Crippen molar-refractivity contribution in [1.82, 2.24) is 0 Å². The summed E-state index contributed by atoms with van der Waals surface area (Å²) in [5, 5.41) is 10.1. The predicted molar refractivity (Wildman–Crippen MR) is 69.5 cm³/mol. The van der Waals surface area contributed by atoms with Gasteiger partial charge in [0.25, 0.3) is 0 Å². The van der Waals surface area contributed by atoms with E-state index in [1.54, 1.807) is 0 Å². The molecule has 100 valence electrons. The second kappa shape index (κ2) is 6.39. The van der Waals surface area contributed by atoms with Crippen molar-refractivity contribution in [2.75, 3.05) is 6.61 Å². The highest BCUT2D eigenvalue weighted by molar-refractivity contribution is 6.32. The van der Waals surface area contributed by atoms with Gasteiger partial charge in [-0.1, -0.05) is 37.3 Å². The maximum Gasteiger partial charge on any atom is 0.138 e. The number of hydrogen-bond acceptors (Lipinski definition) is 2. The Morgan fingerprint density at radius 1 is 1.39 bits per heavy atom. The van der Waals surface area contributed by atoms with E-state index in [0.717, 1.165) is 6.42 Å². The second-order valence-corrected chi connectivity index (χ2v) is 5.33. The quantitative estimate of drug-likeness (QED) is 0.883. The van der Waals surface area contributed by atoms with E-state index in [1.165, 1.54) is 43.9 Å². The molecule has 2 nitrogen and oxygen atoms in total. The van der Waals surface area contributed by atoms with Crippen molar-refractivity contribution in [3.05, 3.63) is 29.0 Å². The van der Waals surface area contributed by atoms with Gasteiger partial charge in [0, 0.05) is 0 Å². The van der Waals surface area contributed by atoms with Crippen molar-refractivity contribution in [2.45, 2.75) is 38.2 Å². The molecule has 0 aromatic heterocycles. The summed E-state index contributed by atoms with van der Waals surface area (Å²) in [7, 11) is 0. The summed E-state index contributed by atoms with van der Waals surface area (Å²) in [5.41, 5.74) is 0. The Balaban J connectivity index is 1.79. The minimum absolute atomic E-state index is 0.210. The van der Waals surface area contributed by atoms with E-state index in [-0.39, 0.29) is 17.4 Å². The fraction of sp³-hybridized carbons (Fsp3) is 0.571. The third-order valence-electron chi connectivity index (χ3n) is 3.41. The molecule has 1 aliphatic carbocycles. The minimum atomic E-state index is -0.478. The molecule has 0 saturated heterocycles. The van der Waals surface area contributed by atoms with Gasteiger partial charge in [-0.05, 0) is 30.5 Å². The van der Waals surface area contributed by atoms with E-state index in [9.17, 15) is 9.50 Å². The lowest BCUT2D eigenvalue weighted by atomic mass is 10.0. The SMILES string of the molecule is OC(COc1ccc(F)cc1Cl)CC1CCCC1. The molecule has 1 N–H and O–H groups in total. The van der Waals surface area contributed by atoms with Gasteiger partial charge < -0.3 is 9.84 Å². The van der Waals surface area contributed by atoms with Crippen LogP contribution in [0.1, 0.15) is 32.1 Å². The Morgan fingerprint density at radius 2 is 2.11 bits per heavy atom. The summed E-state index contributed by atoms with van der Waals surface area (Å²) in [4.78, 5) is 0. The Hall–Kier alpha value is -0.800. The van der Waals surface area contributed by atoms with Crippen molar-refractivity contribution < 1.29 is 14.2 Å². The molecule has 1 aromatic rings. The number of ether oxygens (including phenoxy) is 1. The lowest BCUT2D eigenvalue weighted by Crippen LogP contribution is -2.20. The topological polar surface area (TPSA) is 29.5 Å². The van der Waals surface area contributed by atoms with Crippen LogP contribution < -0.4 is 4.74 Å². The van der Waals surface area contributed by atoms with E-state index >= 15 is 0 Å². The zero-order valence-electron chi connectivity index (χ0n) is 10.2. The van der Waals surface area contributed by atoms with Gasteiger partial charge in [0.05, 0.1) is 11.1 Å². The average molecular weight is 273 g/mol. The summed E-state index contributed by atoms with van der Waals surface area (Å²) in [6, 6.07) is 3.99. The largest absolute Gasteiger partial charge is 0.489 e. The van der Waals surface area contributed by atoms with Gasteiger partial charge in [-0.3, -0.25) is 0 Å². The van der Waals surface area contributed by atoms with Crippen LogP contribution in [0.5, 0.6) is 5.75 Å². The van der Waals surface area contributed by atoms with Crippen molar-refractivity contribution in [3.63, 3.8) is 0 Å². The number of hydrogen-bond donors (Lipinski definition) is 1. The van der Waals surface area contributed by atoms with Gasteiger partial charge in [-0.25, -0.2) is 4.39 Å². The number of rotatable bonds is 5. The summed E-state index contributed by atoms with van der Waals surface area (Å²) in [6.45, 7) is 0.210. The van der Waals surface area contributed by atoms with Crippen LogP contribution in [-0.4, -0.2) is 17.8 Å². The fourth-order valence-corrected chi connectivity index (χ4v) is 2.70. The van der Waals surface area contributed by atoms with Crippen LogP contribution >= 0.6 is 11.6 Å². The molecule has 1 saturated carbocycles. The number of benzene rings is 1. The Labute approximate surface area is 112 Å². The molecular weight excluding hydrogens is 255 g/mol. The van der Waals surface area contributed by atoms with Gasteiger partial charge in [-0.2, -0.15) is 0 Å². The van der Waals surface area contributed by atoms with E-state index in [4.69, 9.17) is 16.3 Å². The van der Waals surface area contributed by atoms with E-state index in [1.807, 2.05) is 0 Å². The summed E-state index contributed by atoms with van der Waals surface area (Å²) >= 11 is 5.84. The molecule has 0 heterocycles. The first-order chi connectivity index (χ1) is 8.65. The van der Waals surface area contributed by atoms with Crippen molar-refractivity contribution in [2.24, 2.45) is 5.92 Å². The maximum absolute atomic E-state index is 12.8. The van der Waals surface area contributed by atoms with Gasteiger partial charge >= 0.3 is 0 Å². The molecule has 1 unspecified atom stereocenters.